The quantitative estimate of drug-likeness (QED) is 0.848. The molecule has 0 saturated carbocycles. The van der Waals surface area contributed by atoms with Crippen LogP contribution in [0.1, 0.15) is 24.2 Å². The van der Waals surface area contributed by atoms with Crippen LogP contribution in [0.4, 0.5) is 0 Å². The Kier molecular flexibility index (Phi) is 5.46. The van der Waals surface area contributed by atoms with E-state index in [1.165, 1.54) is 4.90 Å². The Hall–Kier alpha value is -0.780. The zero-order chi connectivity index (χ0) is 15.7. The molecule has 1 amide bonds. The number of benzene rings is 1. The van der Waals surface area contributed by atoms with Crippen LogP contribution in [0.5, 0.6) is 0 Å². The minimum absolute atomic E-state index is 0.172. The molecule has 0 aliphatic heterocycles. The van der Waals surface area contributed by atoms with Gasteiger partial charge < -0.3 is 4.90 Å². The van der Waals surface area contributed by atoms with Crippen LogP contribution < -0.4 is 0 Å². The van der Waals surface area contributed by atoms with E-state index in [4.69, 9.17) is 23.2 Å². The minimum Gasteiger partial charge on any atom is -0.338 e. The summed E-state index contributed by atoms with van der Waals surface area (Å²) in [5, 5.41) is -0.214. The summed E-state index contributed by atoms with van der Waals surface area (Å²) in [7, 11) is -1.69. The van der Waals surface area contributed by atoms with Crippen molar-refractivity contribution in [2.24, 2.45) is 0 Å². The molecule has 0 spiro atoms. The standard InChI is InChI=1S/C13H17Cl2NO3S/c1-8(9(2)20(4,18)19)16(3)13(17)10-6-5-7-11(14)12(10)15/h5-9H,1-4H3. The zero-order valence-corrected chi connectivity index (χ0v) is 14.1. The summed E-state index contributed by atoms with van der Waals surface area (Å²) in [4.78, 5) is 13.7. The highest BCUT2D eigenvalue weighted by molar-refractivity contribution is 7.91. The predicted molar refractivity (Wildman–Crippen MR) is 82.3 cm³/mol. The summed E-state index contributed by atoms with van der Waals surface area (Å²) in [6.45, 7) is 3.26. The molecule has 0 aliphatic rings. The number of rotatable bonds is 4. The topological polar surface area (TPSA) is 54.5 Å². The summed E-state index contributed by atoms with van der Waals surface area (Å²) in [5.74, 6) is -0.361. The average Bonchev–Trinajstić information content (AvgIpc) is 2.37. The molecule has 0 N–H and O–H groups in total. The maximum absolute atomic E-state index is 12.4. The van der Waals surface area contributed by atoms with Crippen molar-refractivity contribution in [3.8, 4) is 0 Å². The lowest BCUT2D eigenvalue weighted by molar-refractivity contribution is 0.0743. The first-order valence-corrected chi connectivity index (χ1v) is 8.68. The molecule has 112 valence electrons. The molecule has 1 aromatic carbocycles. The fourth-order valence-corrected chi connectivity index (χ4v) is 3.00. The van der Waals surface area contributed by atoms with Crippen molar-refractivity contribution in [3.63, 3.8) is 0 Å². The fourth-order valence-electron chi connectivity index (χ4n) is 1.72. The van der Waals surface area contributed by atoms with Gasteiger partial charge in [-0.1, -0.05) is 29.3 Å². The highest BCUT2D eigenvalue weighted by Gasteiger charge is 2.29. The molecule has 1 aromatic rings. The van der Waals surface area contributed by atoms with Crippen LogP contribution in [0.15, 0.2) is 18.2 Å². The number of carbonyl (C=O) groups is 1. The van der Waals surface area contributed by atoms with Crippen molar-refractivity contribution < 1.29 is 13.2 Å². The lowest BCUT2D eigenvalue weighted by Crippen LogP contribution is -2.44. The maximum Gasteiger partial charge on any atom is 0.255 e. The molecule has 20 heavy (non-hydrogen) atoms. The third kappa shape index (κ3) is 3.65. The molecular weight excluding hydrogens is 321 g/mol. The summed E-state index contributed by atoms with van der Waals surface area (Å²) in [6, 6.07) is 4.29. The molecule has 0 bridgehead atoms. The van der Waals surface area contributed by atoms with Crippen molar-refractivity contribution >= 4 is 38.9 Å². The van der Waals surface area contributed by atoms with Crippen LogP contribution in [0.2, 0.25) is 10.0 Å². The van der Waals surface area contributed by atoms with E-state index in [0.717, 1.165) is 6.26 Å². The highest BCUT2D eigenvalue weighted by Crippen LogP contribution is 2.27. The Morgan fingerprint density at radius 1 is 1.25 bits per heavy atom. The van der Waals surface area contributed by atoms with Gasteiger partial charge >= 0.3 is 0 Å². The van der Waals surface area contributed by atoms with Gasteiger partial charge in [-0.3, -0.25) is 4.79 Å². The number of halogens is 2. The van der Waals surface area contributed by atoms with E-state index in [1.807, 2.05) is 0 Å². The lowest BCUT2D eigenvalue weighted by Gasteiger charge is -2.29. The van der Waals surface area contributed by atoms with Crippen molar-refractivity contribution in [1.29, 1.82) is 0 Å². The first kappa shape index (κ1) is 17.3. The minimum atomic E-state index is -3.23. The molecule has 4 nitrogen and oxygen atoms in total. The summed E-state index contributed by atoms with van der Waals surface area (Å²) >= 11 is 11.9. The normalized spacial score (nSPS) is 14.7. The van der Waals surface area contributed by atoms with Gasteiger partial charge in [-0.05, 0) is 26.0 Å². The van der Waals surface area contributed by atoms with Gasteiger partial charge in [0.25, 0.3) is 5.91 Å². The molecule has 0 aromatic heterocycles. The zero-order valence-electron chi connectivity index (χ0n) is 11.7. The number of carbonyl (C=O) groups excluding carboxylic acids is 1. The molecule has 0 radical (unpaired) electrons. The second-order valence-electron chi connectivity index (χ2n) is 4.79. The smallest absolute Gasteiger partial charge is 0.255 e. The van der Waals surface area contributed by atoms with Crippen molar-refractivity contribution in [1.82, 2.24) is 4.90 Å². The van der Waals surface area contributed by atoms with Gasteiger partial charge in [-0.15, -0.1) is 0 Å². The van der Waals surface area contributed by atoms with Gasteiger partial charge in [-0.2, -0.15) is 0 Å². The maximum atomic E-state index is 12.4. The monoisotopic (exact) mass is 337 g/mol. The van der Waals surface area contributed by atoms with E-state index in [1.54, 1.807) is 39.1 Å². The van der Waals surface area contributed by atoms with E-state index in [0.29, 0.717) is 0 Å². The summed E-state index contributed by atoms with van der Waals surface area (Å²) in [6.07, 6.45) is 1.15. The molecular formula is C13H17Cl2NO3S. The number of hydrogen-bond donors (Lipinski definition) is 0. The molecule has 2 unspecified atom stereocenters. The van der Waals surface area contributed by atoms with E-state index >= 15 is 0 Å². The Morgan fingerprint density at radius 3 is 2.30 bits per heavy atom. The molecule has 1 rings (SSSR count). The predicted octanol–water partition coefficient (Wildman–Crippen LogP) is 2.89. The molecule has 0 heterocycles. The highest BCUT2D eigenvalue weighted by atomic mass is 35.5. The second kappa shape index (κ2) is 6.33. The Bertz CT molecular complexity index is 616. The third-order valence-corrected chi connectivity index (χ3v) is 6.03. The molecule has 2 atom stereocenters. The van der Waals surface area contributed by atoms with E-state index < -0.39 is 21.1 Å². The largest absolute Gasteiger partial charge is 0.338 e. The molecule has 0 fully saturated rings. The Labute approximate surface area is 129 Å². The number of sulfone groups is 1. The lowest BCUT2D eigenvalue weighted by atomic mass is 10.1. The fraction of sp³-hybridized carbons (Fsp3) is 0.462. The van der Waals surface area contributed by atoms with Crippen molar-refractivity contribution in [2.75, 3.05) is 13.3 Å². The third-order valence-electron chi connectivity index (χ3n) is 3.47. The number of nitrogens with zero attached hydrogens (tertiary/aromatic N) is 1. The SMILES string of the molecule is CC(C(C)S(C)(=O)=O)N(C)C(=O)c1cccc(Cl)c1Cl. The van der Waals surface area contributed by atoms with Gasteiger partial charge in [0.05, 0.1) is 20.9 Å². The Balaban J connectivity index is 3.06. The van der Waals surface area contributed by atoms with Gasteiger partial charge in [-0.25, -0.2) is 8.42 Å². The second-order valence-corrected chi connectivity index (χ2v) is 7.98. The van der Waals surface area contributed by atoms with Crippen LogP contribution in [0.3, 0.4) is 0 Å². The summed E-state index contributed by atoms with van der Waals surface area (Å²) < 4.78 is 23.1. The number of amides is 1. The van der Waals surface area contributed by atoms with E-state index in [-0.39, 0.29) is 21.5 Å². The van der Waals surface area contributed by atoms with E-state index in [2.05, 4.69) is 0 Å². The summed E-state index contributed by atoms with van der Waals surface area (Å²) in [5.41, 5.74) is 0.259. The van der Waals surface area contributed by atoms with Gasteiger partial charge in [0, 0.05) is 19.3 Å². The first-order chi connectivity index (χ1) is 9.07. The molecule has 0 aliphatic carbocycles. The van der Waals surface area contributed by atoms with Gasteiger partial charge in [0.1, 0.15) is 0 Å². The van der Waals surface area contributed by atoms with Gasteiger partial charge in [0.2, 0.25) is 0 Å². The van der Waals surface area contributed by atoms with Crippen LogP contribution in [0, 0.1) is 0 Å². The van der Waals surface area contributed by atoms with Crippen molar-refractivity contribution in [2.45, 2.75) is 25.1 Å². The van der Waals surface area contributed by atoms with Crippen molar-refractivity contribution in [3.05, 3.63) is 33.8 Å². The number of hydrogen-bond acceptors (Lipinski definition) is 3. The van der Waals surface area contributed by atoms with Crippen LogP contribution >= 0.6 is 23.2 Å². The van der Waals surface area contributed by atoms with Gasteiger partial charge in [0.15, 0.2) is 9.84 Å². The average molecular weight is 338 g/mol. The molecule has 0 saturated heterocycles. The first-order valence-electron chi connectivity index (χ1n) is 5.97. The van der Waals surface area contributed by atoms with Crippen LogP contribution in [-0.2, 0) is 9.84 Å². The van der Waals surface area contributed by atoms with Crippen LogP contribution in [0.25, 0.3) is 0 Å². The Morgan fingerprint density at radius 2 is 1.80 bits per heavy atom. The van der Waals surface area contributed by atoms with E-state index in [9.17, 15) is 13.2 Å². The van der Waals surface area contributed by atoms with Crippen LogP contribution in [-0.4, -0.2) is 43.8 Å². The molecule has 7 heteroatoms.